The number of amides is 2. The number of fused-ring (bicyclic) bond motifs is 1. The summed E-state index contributed by atoms with van der Waals surface area (Å²) in [5, 5.41) is 7.10. The Balaban J connectivity index is 1.53. The van der Waals surface area contributed by atoms with E-state index in [-0.39, 0.29) is 30.3 Å². The number of halogens is 2. The van der Waals surface area contributed by atoms with Crippen LogP contribution in [0.3, 0.4) is 0 Å². The van der Waals surface area contributed by atoms with Crippen molar-refractivity contribution in [2.24, 2.45) is 0 Å². The van der Waals surface area contributed by atoms with E-state index in [0.29, 0.717) is 28.5 Å². The first-order chi connectivity index (χ1) is 21.4. The molecule has 0 saturated carbocycles. The summed E-state index contributed by atoms with van der Waals surface area (Å²) in [6, 6.07) is 23.5. The van der Waals surface area contributed by atoms with Gasteiger partial charge in [0.1, 0.15) is 29.7 Å². The molecule has 222 valence electrons. The molecule has 3 aromatic carbocycles. The number of aromatic nitrogens is 3. The smallest absolute Gasteiger partial charge is 0.240 e. The lowest BCUT2D eigenvalue weighted by atomic mass is 9.99. The lowest BCUT2D eigenvalue weighted by Crippen LogP contribution is -2.42. The molecular weight excluding hydrogens is 584 g/mol. The number of hydrogen-bond acceptors (Lipinski definition) is 6. The minimum Gasteiger partial charge on any atom is -0.497 e. The lowest BCUT2D eigenvalue weighted by Gasteiger charge is -2.23. The summed E-state index contributed by atoms with van der Waals surface area (Å²) in [5.41, 5.74) is 3.39. The van der Waals surface area contributed by atoms with E-state index < -0.39 is 22.8 Å². The highest BCUT2D eigenvalue weighted by Crippen LogP contribution is 2.49. The average Bonchev–Trinajstić information content (AvgIpc) is 3.38. The SMILES string of the molecule is COc1ccc(-n2nc(-c3ccccc3)c3c2N(CC(=O)NCc2cccnc2)C(=O)CSC3c2ccc(F)cc2F)cc1. The molecule has 1 unspecified atom stereocenters. The fourth-order valence-electron chi connectivity index (χ4n) is 5.09. The summed E-state index contributed by atoms with van der Waals surface area (Å²) in [4.78, 5) is 32.6. The number of thioether (sulfide) groups is 1. The number of ether oxygens (including phenoxy) is 1. The summed E-state index contributed by atoms with van der Waals surface area (Å²) in [6.07, 6.45) is 3.30. The number of pyridine rings is 1. The molecule has 0 radical (unpaired) electrons. The Hall–Kier alpha value is -5.03. The molecule has 3 heterocycles. The summed E-state index contributed by atoms with van der Waals surface area (Å²) < 4.78 is 36.4. The Kier molecular flexibility index (Phi) is 8.38. The van der Waals surface area contributed by atoms with Crippen molar-refractivity contribution in [1.82, 2.24) is 20.1 Å². The second-order valence-electron chi connectivity index (χ2n) is 10.0. The molecule has 1 atom stereocenters. The molecule has 0 saturated heterocycles. The van der Waals surface area contributed by atoms with Crippen LogP contribution in [-0.2, 0) is 16.1 Å². The van der Waals surface area contributed by atoms with Crippen molar-refractivity contribution in [3.63, 3.8) is 0 Å². The molecule has 0 aliphatic carbocycles. The van der Waals surface area contributed by atoms with Gasteiger partial charge in [-0.3, -0.25) is 19.5 Å². The predicted octanol–water partition coefficient (Wildman–Crippen LogP) is 5.71. The van der Waals surface area contributed by atoms with E-state index in [4.69, 9.17) is 9.84 Å². The summed E-state index contributed by atoms with van der Waals surface area (Å²) in [5.74, 6) is -1.29. The maximum absolute atomic E-state index is 15.4. The minimum absolute atomic E-state index is 0.0527. The number of carbonyl (C=O) groups is 2. The number of carbonyl (C=O) groups excluding carboxylic acids is 2. The lowest BCUT2D eigenvalue weighted by molar-refractivity contribution is -0.123. The average molecular weight is 612 g/mol. The molecule has 0 fully saturated rings. The highest BCUT2D eigenvalue weighted by Gasteiger charge is 2.38. The molecule has 1 N–H and O–H groups in total. The van der Waals surface area contributed by atoms with Crippen molar-refractivity contribution in [1.29, 1.82) is 0 Å². The van der Waals surface area contributed by atoms with Crippen LogP contribution in [0.5, 0.6) is 5.75 Å². The maximum Gasteiger partial charge on any atom is 0.240 e. The van der Waals surface area contributed by atoms with E-state index in [1.165, 1.54) is 28.8 Å². The molecule has 2 aromatic heterocycles. The number of rotatable bonds is 8. The molecule has 1 aliphatic heterocycles. The van der Waals surface area contributed by atoms with Gasteiger partial charge >= 0.3 is 0 Å². The third-order valence-electron chi connectivity index (χ3n) is 7.21. The van der Waals surface area contributed by atoms with E-state index in [2.05, 4.69) is 10.3 Å². The fraction of sp³-hybridized carbons (Fsp3) is 0.152. The fourth-order valence-corrected chi connectivity index (χ4v) is 6.31. The van der Waals surface area contributed by atoms with Crippen molar-refractivity contribution in [2.75, 3.05) is 24.3 Å². The van der Waals surface area contributed by atoms with Gasteiger partial charge in [-0.15, -0.1) is 11.8 Å². The Morgan fingerprint density at radius 2 is 1.84 bits per heavy atom. The second kappa shape index (κ2) is 12.7. The van der Waals surface area contributed by atoms with Gasteiger partial charge in [-0.25, -0.2) is 13.5 Å². The summed E-state index contributed by atoms with van der Waals surface area (Å²) >= 11 is 1.21. The van der Waals surface area contributed by atoms with Crippen molar-refractivity contribution in [3.8, 4) is 22.7 Å². The molecule has 0 spiro atoms. The number of anilines is 1. The van der Waals surface area contributed by atoms with Gasteiger partial charge in [0.15, 0.2) is 0 Å². The molecule has 1 aliphatic rings. The minimum atomic E-state index is -0.736. The first-order valence-electron chi connectivity index (χ1n) is 13.8. The van der Waals surface area contributed by atoms with Crippen molar-refractivity contribution in [3.05, 3.63) is 126 Å². The van der Waals surface area contributed by atoms with Crippen LogP contribution >= 0.6 is 11.8 Å². The van der Waals surface area contributed by atoms with Gasteiger partial charge in [0.25, 0.3) is 0 Å². The largest absolute Gasteiger partial charge is 0.497 e. The van der Waals surface area contributed by atoms with Crippen molar-refractivity contribution < 1.29 is 23.1 Å². The molecule has 2 amide bonds. The Labute approximate surface area is 256 Å². The highest BCUT2D eigenvalue weighted by atomic mass is 32.2. The van der Waals surface area contributed by atoms with E-state index in [0.717, 1.165) is 17.2 Å². The number of hydrogen-bond donors (Lipinski definition) is 1. The Bertz CT molecular complexity index is 1800. The number of methoxy groups -OCH3 is 1. The Morgan fingerprint density at radius 3 is 2.55 bits per heavy atom. The molecule has 11 heteroatoms. The molecule has 0 bridgehead atoms. The summed E-state index contributed by atoms with van der Waals surface area (Å²) in [6.45, 7) is -0.0753. The Morgan fingerprint density at radius 1 is 1.05 bits per heavy atom. The van der Waals surface area contributed by atoms with Gasteiger partial charge in [-0.2, -0.15) is 5.10 Å². The topological polar surface area (TPSA) is 89.3 Å². The van der Waals surface area contributed by atoms with Crippen molar-refractivity contribution >= 4 is 29.4 Å². The van der Waals surface area contributed by atoms with E-state index >= 15 is 4.39 Å². The van der Waals surface area contributed by atoms with Crippen LogP contribution in [0, 0.1) is 11.6 Å². The molecular formula is C33H27F2N5O3S. The molecule has 6 rings (SSSR count). The maximum atomic E-state index is 15.4. The van der Waals surface area contributed by atoms with Gasteiger partial charge in [0.05, 0.1) is 29.5 Å². The third-order valence-corrected chi connectivity index (χ3v) is 8.45. The number of benzene rings is 3. The number of nitrogens with one attached hydrogen (secondary N) is 1. The first-order valence-corrected chi connectivity index (χ1v) is 14.8. The van der Waals surface area contributed by atoms with Crippen LogP contribution in [0.1, 0.15) is 21.9 Å². The normalized spacial score (nSPS) is 14.6. The zero-order valence-electron chi connectivity index (χ0n) is 23.6. The van der Waals surface area contributed by atoms with Crippen LogP contribution in [0.2, 0.25) is 0 Å². The zero-order valence-corrected chi connectivity index (χ0v) is 24.4. The quantitative estimate of drug-likeness (QED) is 0.242. The van der Waals surface area contributed by atoms with Crippen molar-refractivity contribution in [2.45, 2.75) is 11.8 Å². The highest BCUT2D eigenvalue weighted by molar-refractivity contribution is 8.00. The zero-order chi connectivity index (χ0) is 30.6. The monoisotopic (exact) mass is 611 g/mol. The third kappa shape index (κ3) is 5.91. The second-order valence-corrected chi connectivity index (χ2v) is 11.1. The van der Waals surface area contributed by atoms with Gasteiger partial charge in [-0.1, -0.05) is 42.5 Å². The van der Waals surface area contributed by atoms with Crippen LogP contribution in [0.15, 0.2) is 97.3 Å². The van der Waals surface area contributed by atoms with E-state index in [1.54, 1.807) is 54.5 Å². The molecule has 8 nitrogen and oxygen atoms in total. The van der Waals surface area contributed by atoms with Gasteiger partial charge in [0, 0.05) is 41.7 Å². The summed E-state index contributed by atoms with van der Waals surface area (Å²) in [7, 11) is 1.56. The molecule has 44 heavy (non-hydrogen) atoms. The standard InChI is InChI=1S/C33H27F2N5O3S/c1-43-25-12-10-24(11-13-25)40-33-30(31(38-40)22-7-3-2-4-8-22)32(26-14-9-23(34)16-27(26)35)44-20-29(42)39(33)19-28(41)37-18-21-6-5-15-36-17-21/h2-17,32H,18-20H2,1H3,(H,37,41). The van der Waals surface area contributed by atoms with Gasteiger partial charge < -0.3 is 10.1 Å². The van der Waals surface area contributed by atoms with Crippen LogP contribution < -0.4 is 15.0 Å². The molecule has 5 aromatic rings. The van der Waals surface area contributed by atoms with E-state index in [9.17, 15) is 14.0 Å². The van der Waals surface area contributed by atoms with Crippen LogP contribution in [0.25, 0.3) is 16.9 Å². The van der Waals surface area contributed by atoms with E-state index in [1.807, 2.05) is 36.4 Å². The van der Waals surface area contributed by atoms with Crippen LogP contribution in [-0.4, -0.2) is 46.0 Å². The van der Waals surface area contributed by atoms with Crippen LogP contribution in [0.4, 0.5) is 14.6 Å². The number of nitrogens with zero attached hydrogens (tertiary/aromatic N) is 4. The van der Waals surface area contributed by atoms with Gasteiger partial charge in [0.2, 0.25) is 11.8 Å². The van der Waals surface area contributed by atoms with Gasteiger partial charge in [-0.05, 0) is 42.0 Å². The predicted molar refractivity (Wildman–Crippen MR) is 165 cm³/mol. The first kappa shape index (κ1) is 29.1.